The molecule has 0 aliphatic rings. The number of nitrogens with zero attached hydrogens (tertiary/aromatic N) is 1. The van der Waals surface area contributed by atoms with Crippen molar-refractivity contribution in [2.75, 3.05) is 13.6 Å². The number of amides is 1. The minimum atomic E-state index is -0.0385. The van der Waals surface area contributed by atoms with Gasteiger partial charge in [-0.1, -0.05) is 0 Å². The summed E-state index contributed by atoms with van der Waals surface area (Å²) in [7, 11) is 1.77. The molecule has 1 rings (SSSR count). The van der Waals surface area contributed by atoms with Gasteiger partial charge in [0, 0.05) is 18.7 Å². The molecular weight excluding hydrogens is 216 g/mol. The Hall–Kier alpha value is -1.55. The van der Waals surface area contributed by atoms with E-state index in [0.717, 1.165) is 12.0 Å². The third kappa shape index (κ3) is 3.20. The van der Waals surface area contributed by atoms with Crippen molar-refractivity contribution < 1.29 is 9.90 Å². The van der Waals surface area contributed by atoms with Crippen LogP contribution in [0.1, 0.15) is 29.3 Å². The smallest absolute Gasteiger partial charge is 0.254 e. The van der Waals surface area contributed by atoms with Crippen LogP contribution in [-0.2, 0) is 0 Å². The van der Waals surface area contributed by atoms with Gasteiger partial charge in [-0.3, -0.25) is 4.79 Å². The molecule has 0 saturated heterocycles. The summed E-state index contributed by atoms with van der Waals surface area (Å²) in [6.45, 7) is 4.35. The summed E-state index contributed by atoms with van der Waals surface area (Å²) < 4.78 is 0. The molecule has 1 unspecified atom stereocenters. The number of aromatic hydroxyl groups is 1. The predicted octanol–water partition coefficient (Wildman–Crippen LogP) is 1.51. The number of rotatable bonds is 4. The van der Waals surface area contributed by atoms with Gasteiger partial charge in [0.25, 0.3) is 5.91 Å². The number of aryl methyl sites for hydroxylation is 1. The molecule has 1 aromatic rings. The van der Waals surface area contributed by atoms with E-state index in [9.17, 15) is 9.90 Å². The third-order valence-corrected chi connectivity index (χ3v) is 3.01. The highest BCUT2D eigenvalue weighted by atomic mass is 16.3. The molecule has 4 heteroatoms. The van der Waals surface area contributed by atoms with Crippen LogP contribution in [-0.4, -0.2) is 35.5 Å². The molecule has 0 fully saturated rings. The van der Waals surface area contributed by atoms with E-state index in [1.165, 1.54) is 6.07 Å². The van der Waals surface area contributed by atoms with E-state index in [0.29, 0.717) is 12.1 Å². The van der Waals surface area contributed by atoms with Crippen LogP contribution in [0, 0.1) is 6.92 Å². The molecular formula is C13H20N2O2. The van der Waals surface area contributed by atoms with E-state index in [2.05, 4.69) is 0 Å². The summed E-state index contributed by atoms with van der Waals surface area (Å²) in [5.41, 5.74) is 6.88. The first kappa shape index (κ1) is 13.5. The number of hydrogen-bond acceptors (Lipinski definition) is 3. The summed E-state index contributed by atoms with van der Waals surface area (Å²) in [5, 5.41) is 9.31. The van der Waals surface area contributed by atoms with Crippen molar-refractivity contribution in [1.82, 2.24) is 4.90 Å². The van der Waals surface area contributed by atoms with Gasteiger partial charge < -0.3 is 15.7 Å². The molecule has 0 bridgehead atoms. The van der Waals surface area contributed by atoms with Gasteiger partial charge in [-0.25, -0.2) is 0 Å². The van der Waals surface area contributed by atoms with Gasteiger partial charge in [-0.2, -0.15) is 0 Å². The summed E-state index contributed by atoms with van der Waals surface area (Å²) in [6.07, 6.45) is 0.777. The minimum absolute atomic E-state index is 0.0385. The normalized spacial score (nSPS) is 12.2. The Morgan fingerprint density at radius 2 is 2.18 bits per heavy atom. The molecule has 1 aromatic carbocycles. The van der Waals surface area contributed by atoms with E-state index >= 15 is 0 Å². The molecule has 0 aliphatic carbocycles. The van der Waals surface area contributed by atoms with E-state index in [4.69, 9.17) is 5.73 Å². The van der Waals surface area contributed by atoms with Gasteiger partial charge in [0.1, 0.15) is 5.75 Å². The van der Waals surface area contributed by atoms with Crippen molar-refractivity contribution in [1.29, 1.82) is 0 Å². The highest BCUT2D eigenvalue weighted by molar-refractivity contribution is 5.95. The molecule has 0 heterocycles. The summed E-state index contributed by atoms with van der Waals surface area (Å²) in [5.74, 6) is 0.139. The molecule has 0 saturated carbocycles. The number of carbonyl (C=O) groups is 1. The van der Waals surface area contributed by atoms with Gasteiger partial charge in [-0.15, -0.1) is 0 Å². The monoisotopic (exact) mass is 236 g/mol. The summed E-state index contributed by atoms with van der Waals surface area (Å²) in [4.78, 5) is 13.9. The standard InChI is InChI=1S/C13H20N2O2/c1-9-8-11(16)4-5-12(9)13(17)15(3)10(2)6-7-14/h4-5,8,10,16H,6-7,14H2,1-3H3. The van der Waals surface area contributed by atoms with Gasteiger partial charge in [0.05, 0.1) is 0 Å². The quantitative estimate of drug-likeness (QED) is 0.832. The van der Waals surface area contributed by atoms with Crippen LogP contribution in [0.4, 0.5) is 0 Å². The fraction of sp³-hybridized carbons (Fsp3) is 0.462. The lowest BCUT2D eigenvalue weighted by Crippen LogP contribution is -2.36. The van der Waals surface area contributed by atoms with Crippen molar-refractivity contribution in [2.24, 2.45) is 5.73 Å². The van der Waals surface area contributed by atoms with Crippen LogP contribution in [0.2, 0.25) is 0 Å². The number of carbonyl (C=O) groups excluding carboxylic acids is 1. The van der Waals surface area contributed by atoms with E-state index in [-0.39, 0.29) is 17.7 Å². The number of hydrogen-bond donors (Lipinski definition) is 2. The first-order valence-corrected chi connectivity index (χ1v) is 5.74. The lowest BCUT2D eigenvalue weighted by molar-refractivity contribution is 0.0738. The number of nitrogens with two attached hydrogens (primary N) is 1. The molecule has 17 heavy (non-hydrogen) atoms. The fourth-order valence-electron chi connectivity index (χ4n) is 1.71. The maximum atomic E-state index is 12.2. The highest BCUT2D eigenvalue weighted by Crippen LogP contribution is 2.18. The third-order valence-electron chi connectivity index (χ3n) is 3.01. The second kappa shape index (κ2) is 5.68. The first-order valence-electron chi connectivity index (χ1n) is 5.74. The summed E-state index contributed by atoms with van der Waals surface area (Å²) in [6, 6.07) is 4.88. The Labute approximate surface area is 102 Å². The van der Waals surface area contributed by atoms with E-state index < -0.39 is 0 Å². The van der Waals surface area contributed by atoms with E-state index in [1.807, 2.05) is 13.8 Å². The number of benzene rings is 1. The molecule has 0 aliphatic heterocycles. The maximum absolute atomic E-state index is 12.2. The molecule has 0 aromatic heterocycles. The second-order valence-corrected chi connectivity index (χ2v) is 4.34. The Morgan fingerprint density at radius 1 is 1.53 bits per heavy atom. The van der Waals surface area contributed by atoms with Crippen molar-refractivity contribution >= 4 is 5.91 Å². The molecule has 0 spiro atoms. The number of phenols is 1. The molecule has 3 N–H and O–H groups in total. The SMILES string of the molecule is Cc1cc(O)ccc1C(=O)N(C)C(C)CCN. The van der Waals surface area contributed by atoms with Crippen LogP contribution < -0.4 is 5.73 Å². The average molecular weight is 236 g/mol. The zero-order valence-electron chi connectivity index (χ0n) is 10.6. The molecule has 0 radical (unpaired) electrons. The zero-order chi connectivity index (χ0) is 13.0. The van der Waals surface area contributed by atoms with Gasteiger partial charge >= 0.3 is 0 Å². The topological polar surface area (TPSA) is 66.6 Å². The van der Waals surface area contributed by atoms with E-state index in [1.54, 1.807) is 24.1 Å². The van der Waals surface area contributed by atoms with Crippen LogP contribution in [0.5, 0.6) is 5.75 Å². The Kier molecular flexibility index (Phi) is 4.52. The maximum Gasteiger partial charge on any atom is 0.254 e. The fourth-order valence-corrected chi connectivity index (χ4v) is 1.71. The van der Waals surface area contributed by atoms with Crippen LogP contribution in [0.3, 0.4) is 0 Å². The van der Waals surface area contributed by atoms with Crippen molar-refractivity contribution in [3.63, 3.8) is 0 Å². The molecule has 4 nitrogen and oxygen atoms in total. The Balaban J connectivity index is 2.88. The minimum Gasteiger partial charge on any atom is -0.508 e. The molecule has 1 amide bonds. The average Bonchev–Trinajstić information content (AvgIpc) is 2.27. The summed E-state index contributed by atoms with van der Waals surface area (Å²) >= 11 is 0. The van der Waals surface area contributed by atoms with Crippen molar-refractivity contribution in [2.45, 2.75) is 26.3 Å². The predicted molar refractivity (Wildman–Crippen MR) is 68.1 cm³/mol. The molecule has 94 valence electrons. The lowest BCUT2D eigenvalue weighted by atomic mass is 10.1. The van der Waals surface area contributed by atoms with Crippen molar-refractivity contribution in [3.05, 3.63) is 29.3 Å². The van der Waals surface area contributed by atoms with Gasteiger partial charge in [0.15, 0.2) is 0 Å². The molecule has 1 atom stereocenters. The zero-order valence-corrected chi connectivity index (χ0v) is 10.6. The largest absolute Gasteiger partial charge is 0.508 e. The van der Waals surface area contributed by atoms with Gasteiger partial charge in [-0.05, 0) is 50.6 Å². The van der Waals surface area contributed by atoms with Crippen molar-refractivity contribution in [3.8, 4) is 5.75 Å². The number of phenolic OH excluding ortho intramolecular Hbond substituents is 1. The Bertz CT molecular complexity index is 404. The highest BCUT2D eigenvalue weighted by Gasteiger charge is 2.18. The first-order chi connectivity index (χ1) is 7.97. The van der Waals surface area contributed by atoms with Crippen LogP contribution in [0.15, 0.2) is 18.2 Å². The Morgan fingerprint density at radius 3 is 2.71 bits per heavy atom. The van der Waals surface area contributed by atoms with Crippen LogP contribution in [0.25, 0.3) is 0 Å². The second-order valence-electron chi connectivity index (χ2n) is 4.34. The lowest BCUT2D eigenvalue weighted by Gasteiger charge is -2.25. The van der Waals surface area contributed by atoms with Crippen LogP contribution >= 0.6 is 0 Å². The van der Waals surface area contributed by atoms with Gasteiger partial charge in [0.2, 0.25) is 0 Å².